The van der Waals surface area contributed by atoms with Crippen LogP contribution in [0.2, 0.25) is 0 Å². The Bertz CT molecular complexity index is 132. The van der Waals surface area contributed by atoms with E-state index in [-0.39, 0.29) is 5.60 Å². The van der Waals surface area contributed by atoms with E-state index in [1.807, 2.05) is 0 Å². The van der Waals surface area contributed by atoms with E-state index in [0.29, 0.717) is 0 Å². The van der Waals surface area contributed by atoms with Crippen LogP contribution in [0.15, 0.2) is 0 Å². The summed E-state index contributed by atoms with van der Waals surface area (Å²) in [6.45, 7) is 6.66. The zero-order chi connectivity index (χ0) is 12.3. The second-order valence-electron chi connectivity index (χ2n) is 5.24. The molecule has 0 radical (unpaired) electrons. The van der Waals surface area contributed by atoms with Gasteiger partial charge in [0.15, 0.2) is 0 Å². The molecule has 0 aliphatic carbocycles. The van der Waals surface area contributed by atoms with Crippen LogP contribution < -0.4 is 0 Å². The number of aliphatic hydroxyl groups is 1. The Morgan fingerprint density at radius 2 is 1.00 bits per heavy atom. The summed E-state index contributed by atoms with van der Waals surface area (Å²) in [6.07, 6.45) is 12.8. The Balaban J connectivity index is 3.91. The van der Waals surface area contributed by atoms with Crippen molar-refractivity contribution >= 4 is 0 Å². The number of unbranched alkanes of at least 4 members (excludes halogenated alkanes) is 5. The highest BCUT2D eigenvalue weighted by Gasteiger charge is 2.24. The fraction of sp³-hybridized carbons (Fsp3) is 1.00. The van der Waals surface area contributed by atoms with E-state index in [2.05, 4.69) is 20.8 Å². The van der Waals surface area contributed by atoms with Crippen LogP contribution in [0.5, 0.6) is 0 Å². The van der Waals surface area contributed by atoms with Crippen molar-refractivity contribution < 1.29 is 5.11 Å². The van der Waals surface area contributed by atoms with E-state index in [9.17, 15) is 5.11 Å². The molecule has 0 aromatic carbocycles. The smallest absolute Gasteiger partial charge is 0.0647 e. The zero-order valence-electron chi connectivity index (χ0n) is 11.7. The van der Waals surface area contributed by atoms with E-state index in [1.54, 1.807) is 0 Å². The number of hydrogen-bond donors (Lipinski definition) is 1. The van der Waals surface area contributed by atoms with Gasteiger partial charge in [-0.3, -0.25) is 0 Å². The molecule has 0 aliphatic rings. The molecule has 16 heavy (non-hydrogen) atoms. The first-order valence-electron chi connectivity index (χ1n) is 7.41. The summed E-state index contributed by atoms with van der Waals surface area (Å²) >= 11 is 0. The molecule has 0 fully saturated rings. The molecule has 1 heteroatoms. The minimum Gasteiger partial charge on any atom is -0.390 e. The average molecular weight is 228 g/mol. The average Bonchev–Trinajstić information content (AvgIpc) is 2.27. The summed E-state index contributed by atoms with van der Waals surface area (Å²) in [4.78, 5) is 0. The van der Waals surface area contributed by atoms with Gasteiger partial charge in [-0.15, -0.1) is 0 Å². The Kier molecular flexibility index (Phi) is 10.1. The van der Waals surface area contributed by atoms with Crippen molar-refractivity contribution in [2.75, 3.05) is 0 Å². The van der Waals surface area contributed by atoms with Crippen molar-refractivity contribution in [1.29, 1.82) is 0 Å². The molecular weight excluding hydrogens is 196 g/mol. The zero-order valence-corrected chi connectivity index (χ0v) is 11.7. The molecule has 98 valence electrons. The van der Waals surface area contributed by atoms with Crippen LogP contribution in [-0.2, 0) is 0 Å². The van der Waals surface area contributed by atoms with Crippen LogP contribution >= 0.6 is 0 Å². The summed E-state index contributed by atoms with van der Waals surface area (Å²) in [5, 5.41) is 10.6. The van der Waals surface area contributed by atoms with Gasteiger partial charge in [-0.25, -0.2) is 0 Å². The van der Waals surface area contributed by atoms with Crippen LogP contribution in [0.1, 0.15) is 91.4 Å². The Morgan fingerprint density at radius 3 is 1.38 bits per heavy atom. The maximum absolute atomic E-state index is 10.6. The Hall–Kier alpha value is -0.0400. The molecule has 0 saturated heterocycles. The lowest BCUT2D eigenvalue weighted by molar-refractivity contribution is 0.00768. The third-order valence-electron chi connectivity index (χ3n) is 3.49. The first kappa shape index (κ1) is 16.0. The van der Waals surface area contributed by atoms with E-state index in [4.69, 9.17) is 0 Å². The highest BCUT2D eigenvalue weighted by Crippen LogP contribution is 2.27. The number of rotatable bonds is 11. The van der Waals surface area contributed by atoms with Crippen LogP contribution in [0.3, 0.4) is 0 Å². The molecular formula is C15H32O. The molecule has 0 bridgehead atoms. The minimum atomic E-state index is -0.347. The second kappa shape index (κ2) is 10.1. The molecule has 0 atom stereocenters. The summed E-state index contributed by atoms with van der Waals surface area (Å²) in [5.74, 6) is 0. The molecule has 0 rings (SSSR count). The predicted molar refractivity (Wildman–Crippen MR) is 72.8 cm³/mol. The van der Waals surface area contributed by atoms with Crippen molar-refractivity contribution in [1.82, 2.24) is 0 Å². The molecule has 1 N–H and O–H groups in total. The summed E-state index contributed by atoms with van der Waals surface area (Å²) < 4.78 is 0. The molecule has 0 aliphatic heterocycles. The van der Waals surface area contributed by atoms with Gasteiger partial charge in [0.1, 0.15) is 0 Å². The van der Waals surface area contributed by atoms with E-state index >= 15 is 0 Å². The highest BCUT2D eigenvalue weighted by molar-refractivity contribution is 4.78. The largest absolute Gasteiger partial charge is 0.390 e. The second-order valence-corrected chi connectivity index (χ2v) is 5.24. The quantitative estimate of drug-likeness (QED) is 0.490. The van der Waals surface area contributed by atoms with Gasteiger partial charge in [0.25, 0.3) is 0 Å². The van der Waals surface area contributed by atoms with Crippen molar-refractivity contribution in [2.24, 2.45) is 0 Å². The molecule has 0 unspecified atom stereocenters. The van der Waals surface area contributed by atoms with Crippen molar-refractivity contribution in [3.8, 4) is 0 Å². The van der Waals surface area contributed by atoms with Gasteiger partial charge in [-0.1, -0.05) is 72.1 Å². The van der Waals surface area contributed by atoms with Gasteiger partial charge >= 0.3 is 0 Å². The lowest BCUT2D eigenvalue weighted by Crippen LogP contribution is -2.28. The Labute approximate surface area is 103 Å². The monoisotopic (exact) mass is 228 g/mol. The third kappa shape index (κ3) is 8.15. The van der Waals surface area contributed by atoms with Crippen molar-refractivity contribution in [3.05, 3.63) is 0 Å². The first-order valence-corrected chi connectivity index (χ1v) is 7.41. The first-order chi connectivity index (χ1) is 7.68. The van der Waals surface area contributed by atoms with E-state index in [0.717, 1.165) is 19.3 Å². The summed E-state index contributed by atoms with van der Waals surface area (Å²) in [7, 11) is 0. The standard InChI is InChI=1S/C15H32O/c1-4-7-10-13-15(16,12-9-6-3)14-11-8-5-2/h16H,4-14H2,1-3H3. The number of hydrogen-bond acceptors (Lipinski definition) is 1. The molecule has 1 nitrogen and oxygen atoms in total. The molecule has 0 aromatic rings. The Morgan fingerprint density at radius 1 is 0.625 bits per heavy atom. The van der Waals surface area contributed by atoms with Gasteiger partial charge in [-0.05, 0) is 19.3 Å². The molecule has 0 heterocycles. The third-order valence-corrected chi connectivity index (χ3v) is 3.49. The van der Waals surface area contributed by atoms with E-state index < -0.39 is 0 Å². The molecule has 0 saturated carbocycles. The summed E-state index contributed by atoms with van der Waals surface area (Å²) in [6, 6.07) is 0. The van der Waals surface area contributed by atoms with Crippen molar-refractivity contribution in [2.45, 2.75) is 97.0 Å². The van der Waals surface area contributed by atoms with Gasteiger partial charge in [-0.2, -0.15) is 0 Å². The normalized spacial score (nSPS) is 12.0. The maximum Gasteiger partial charge on any atom is 0.0647 e. The highest BCUT2D eigenvalue weighted by atomic mass is 16.3. The molecule has 0 amide bonds. The fourth-order valence-corrected chi connectivity index (χ4v) is 2.29. The van der Waals surface area contributed by atoms with Gasteiger partial charge in [0.2, 0.25) is 0 Å². The lowest BCUT2D eigenvalue weighted by atomic mass is 9.86. The SMILES string of the molecule is CCCCCC(O)(CCCC)CCCCC. The van der Waals surface area contributed by atoms with E-state index in [1.165, 1.54) is 51.4 Å². The van der Waals surface area contributed by atoms with Crippen LogP contribution in [-0.4, -0.2) is 10.7 Å². The van der Waals surface area contributed by atoms with Crippen LogP contribution in [0.25, 0.3) is 0 Å². The van der Waals surface area contributed by atoms with Crippen LogP contribution in [0.4, 0.5) is 0 Å². The summed E-state index contributed by atoms with van der Waals surface area (Å²) in [5.41, 5.74) is -0.347. The maximum atomic E-state index is 10.6. The lowest BCUT2D eigenvalue weighted by Gasteiger charge is -2.28. The fourth-order valence-electron chi connectivity index (χ4n) is 2.29. The topological polar surface area (TPSA) is 20.2 Å². The molecule has 0 spiro atoms. The van der Waals surface area contributed by atoms with Crippen molar-refractivity contribution in [3.63, 3.8) is 0 Å². The van der Waals surface area contributed by atoms with Gasteiger partial charge in [0, 0.05) is 0 Å². The van der Waals surface area contributed by atoms with Crippen LogP contribution in [0, 0.1) is 0 Å². The predicted octanol–water partition coefficient (Wildman–Crippen LogP) is 5.07. The minimum absolute atomic E-state index is 0.347. The van der Waals surface area contributed by atoms with Gasteiger partial charge in [0.05, 0.1) is 5.60 Å². The van der Waals surface area contributed by atoms with Gasteiger partial charge < -0.3 is 5.11 Å². The molecule has 0 aromatic heterocycles.